The van der Waals surface area contributed by atoms with Gasteiger partial charge in [-0.1, -0.05) is 6.07 Å². The average molecular weight is 336 g/mol. The van der Waals surface area contributed by atoms with Crippen molar-refractivity contribution in [3.05, 3.63) is 35.9 Å². The monoisotopic (exact) mass is 336 g/mol. The molecule has 0 radical (unpaired) electrons. The number of anilines is 1. The summed E-state index contributed by atoms with van der Waals surface area (Å²) < 4.78 is 0. The number of carboxylic acids is 2. The fraction of sp³-hybridized carbons (Fsp3) is 0.375. The number of hydrogen-bond acceptors (Lipinski definition) is 5. The Labute approximate surface area is 139 Å². The lowest BCUT2D eigenvalue weighted by Gasteiger charge is -2.32. The summed E-state index contributed by atoms with van der Waals surface area (Å²) >= 11 is 1.83. The minimum Gasteiger partial charge on any atom is -0.478 e. The third-order valence-electron chi connectivity index (χ3n) is 3.78. The molecule has 6 nitrogen and oxygen atoms in total. The maximum atomic E-state index is 9.55. The summed E-state index contributed by atoms with van der Waals surface area (Å²) in [5.41, 5.74) is 3.01. The van der Waals surface area contributed by atoms with Crippen molar-refractivity contribution < 1.29 is 19.8 Å². The van der Waals surface area contributed by atoms with E-state index in [0.29, 0.717) is 18.2 Å². The summed E-state index contributed by atoms with van der Waals surface area (Å²) in [6.45, 7) is 3.43. The van der Waals surface area contributed by atoms with Crippen LogP contribution < -0.4 is 10.2 Å². The molecule has 124 valence electrons. The Morgan fingerprint density at radius 3 is 2.61 bits per heavy atom. The molecule has 23 heavy (non-hydrogen) atoms. The minimum atomic E-state index is -1.26. The molecular formula is C16H20N2O4S. The molecule has 0 bridgehead atoms. The van der Waals surface area contributed by atoms with Crippen LogP contribution in [-0.2, 0) is 16.0 Å². The van der Waals surface area contributed by atoms with E-state index >= 15 is 0 Å². The summed E-state index contributed by atoms with van der Waals surface area (Å²) in [7, 11) is 0. The van der Waals surface area contributed by atoms with Crippen LogP contribution in [0.25, 0.3) is 0 Å². The Kier molecular flexibility index (Phi) is 6.06. The summed E-state index contributed by atoms with van der Waals surface area (Å²) in [5, 5.41) is 19.1. The molecule has 0 spiro atoms. The van der Waals surface area contributed by atoms with Crippen LogP contribution in [0.2, 0.25) is 0 Å². The largest absolute Gasteiger partial charge is 0.478 e. The number of nitrogens with zero attached hydrogens (tertiary/aromatic N) is 1. The van der Waals surface area contributed by atoms with Crippen LogP contribution in [0.1, 0.15) is 5.56 Å². The normalized spacial score (nSPS) is 18.8. The van der Waals surface area contributed by atoms with E-state index in [9.17, 15) is 9.59 Å². The number of aliphatic carboxylic acids is 2. The highest BCUT2D eigenvalue weighted by molar-refractivity contribution is 7.98. The van der Waals surface area contributed by atoms with Crippen LogP contribution in [-0.4, -0.2) is 54.1 Å². The Balaban J connectivity index is 0.000000207. The highest BCUT2D eigenvalue weighted by Crippen LogP contribution is 2.35. The van der Waals surface area contributed by atoms with E-state index in [0.717, 1.165) is 19.6 Å². The molecule has 2 aliphatic heterocycles. The molecule has 1 saturated heterocycles. The van der Waals surface area contributed by atoms with E-state index in [1.165, 1.54) is 22.6 Å². The van der Waals surface area contributed by atoms with E-state index in [-0.39, 0.29) is 0 Å². The minimum absolute atomic E-state index is 0.558. The van der Waals surface area contributed by atoms with Crippen molar-refractivity contribution in [2.75, 3.05) is 30.8 Å². The zero-order valence-corrected chi connectivity index (χ0v) is 13.7. The quantitative estimate of drug-likeness (QED) is 0.568. The van der Waals surface area contributed by atoms with Crippen LogP contribution in [0.3, 0.4) is 0 Å². The molecule has 0 saturated carbocycles. The van der Waals surface area contributed by atoms with E-state index in [1.54, 1.807) is 0 Å². The molecule has 1 fully saturated rings. The number of piperazine rings is 1. The molecule has 0 aromatic heterocycles. The van der Waals surface area contributed by atoms with Crippen molar-refractivity contribution in [3.63, 3.8) is 0 Å². The van der Waals surface area contributed by atoms with Gasteiger partial charge in [-0.15, -0.1) is 11.8 Å². The van der Waals surface area contributed by atoms with Gasteiger partial charge in [0.25, 0.3) is 0 Å². The summed E-state index contributed by atoms with van der Waals surface area (Å²) in [5.74, 6) is -2.51. The number of fused-ring (bicyclic) bond motifs is 3. The van der Waals surface area contributed by atoms with Crippen molar-refractivity contribution in [2.45, 2.75) is 17.4 Å². The van der Waals surface area contributed by atoms with E-state index in [4.69, 9.17) is 10.2 Å². The van der Waals surface area contributed by atoms with Gasteiger partial charge in [0.2, 0.25) is 0 Å². The number of hydrogen-bond donors (Lipinski definition) is 3. The lowest BCUT2D eigenvalue weighted by atomic mass is 10.1. The molecule has 7 heteroatoms. The maximum Gasteiger partial charge on any atom is 0.328 e. The predicted octanol–water partition coefficient (Wildman–Crippen LogP) is 1.45. The third kappa shape index (κ3) is 4.74. The molecule has 1 aromatic carbocycles. The zero-order valence-electron chi connectivity index (χ0n) is 12.9. The van der Waals surface area contributed by atoms with Crippen molar-refractivity contribution in [1.29, 1.82) is 0 Å². The molecule has 2 heterocycles. The first kappa shape index (κ1) is 17.4. The van der Waals surface area contributed by atoms with Gasteiger partial charge in [0.1, 0.15) is 0 Å². The summed E-state index contributed by atoms with van der Waals surface area (Å²) in [6, 6.07) is 7.60. The molecule has 0 amide bonds. The van der Waals surface area contributed by atoms with Crippen molar-refractivity contribution >= 4 is 29.4 Å². The number of thioether (sulfide) groups is 1. The highest BCUT2D eigenvalue weighted by atomic mass is 32.2. The first-order valence-corrected chi connectivity index (χ1v) is 8.52. The van der Waals surface area contributed by atoms with E-state index in [2.05, 4.69) is 34.7 Å². The van der Waals surface area contributed by atoms with Crippen LogP contribution in [0.4, 0.5) is 5.69 Å². The number of carbonyl (C=O) groups is 2. The molecule has 1 aromatic rings. The Hall–Kier alpha value is -1.99. The molecular weight excluding hydrogens is 316 g/mol. The Morgan fingerprint density at radius 1 is 1.30 bits per heavy atom. The molecule has 1 unspecified atom stereocenters. The Morgan fingerprint density at radius 2 is 2.00 bits per heavy atom. The van der Waals surface area contributed by atoms with Gasteiger partial charge in [-0.05, 0) is 30.4 Å². The van der Waals surface area contributed by atoms with Gasteiger partial charge in [-0.25, -0.2) is 9.59 Å². The van der Waals surface area contributed by atoms with Crippen LogP contribution in [0.15, 0.2) is 35.2 Å². The van der Waals surface area contributed by atoms with Gasteiger partial charge >= 0.3 is 11.9 Å². The zero-order chi connectivity index (χ0) is 16.8. The highest BCUT2D eigenvalue weighted by Gasteiger charge is 2.30. The van der Waals surface area contributed by atoms with Gasteiger partial charge in [0.05, 0.1) is 0 Å². The van der Waals surface area contributed by atoms with Crippen LogP contribution in [0, 0.1) is 0 Å². The van der Waals surface area contributed by atoms with Gasteiger partial charge in [-0.2, -0.15) is 0 Å². The summed E-state index contributed by atoms with van der Waals surface area (Å²) in [4.78, 5) is 23.1. The second-order valence-corrected chi connectivity index (χ2v) is 6.14. The SMILES string of the molecule is CSc1ccc2c(c1)N1CCNCC1C2.O=C(O)C=CC(=O)O. The fourth-order valence-corrected chi connectivity index (χ4v) is 3.20. The Bertz CT molecular complexity index is 602. The van der Waals surface area contributed by atoms with E-state index in [1.807, 2.05) is 11.8 Å². The van der Waals surface area contributed by atoms with Crippen LogP contribution in [0.5, 0.6) is 0 Å². The molecule has 1 atom stereocenters. The number of benzene rings is 1. The average Bonchev–Trinajstić information content (AvgIpc) is 2.91. The number of rotatable bonds is 3. The lowest BCUT2D eigenvalue weighted by molar-refractivity contribution is -0.134. The fourth-order valence-electron chi connectivity index (χ4n) is 2.77. The topological polar surface area (TPSA) is 89.9 Å². The van der Waals surface area contributed by atoms with Gasteiger partial charge < -0.3 is 20.4 Å². The van der Waals surface area contributed by atoms with Gasteiger partial charge in [0, 0.05) is 48.4 Å². The number of nitrogens with one attached hydrogen (secondary N) is 1. The first-order valence-electron chi connectivity index (χ1n) is 7.29. The van der Waals surface area contributed by atoms with Gasteiger partial charge in [-0.3, -0.25) is 0 Å². The molecule has 3 N–H and O–H groups in total. The standard InChI is InChI=1S/C12H16N2S.C4H4O4/c1-15-11-3-2-9-6-10-8-13-4-5-14(10)12(9)7-11;5-3(6)1-2-4(7)8/h2-3,7,10,13H,4-6,8H2,1H3;1-2H,(H,5,6)(H,7,8). The second kappa shape index (κ2) is 8.03. The first-order chi connectivity index (χ1) is 11.0. The van der Waals surface area contributed by atoms with Crippen molar-refractivity contribution in [3.8, 4) is 0 Å². The van der Waals surface area contributed by atoms with Crippen LogP contribution >= 0.6 is 11.8 Å². The second-order valence-electron chi connectivity index (χ2n) is 5.26. The smallest absolute Gasteiger partial charge is 0.328 e. The summed E-state index contributed by atoms with van der Waals surface area (Å²) in [6.07, 6.45) is 4.48. The van der Waals surface area contributed by atoms with Crippen molar-refractivity contribution in [2.24, 2.45) is 0 Å². The third-order valence-corrected chi connectivity index (χ3v) is 4.50. The van der Waals surface area contributed by atoms with Gasteiger partial charge in [0.15, 0.2) is 0 Å². The predicted molar refractivity (Wildman–Crippen MR) is 90.3 cm³/mol. The lowest BCUT2D eigenvalue weighted by Crippen LogP contribution is -2.49. The molecule has 2 aliphatic rings. The van der Waals surface area contributed by atoms with E-state index < -0.39 is 11.9 Å². The maximum absolute atomic E-state index is 9.55. The van der Waals surface area contributed by atoms with Crippen molar-refractivity contribution in [1.82, 2.24) is 5.32 Å². The molecule has 0 aliphatic carbocycles. The number of carboxylic acid groups (broad SMARTS) is 2. The molecule has 3 rings (SSSR count).